The van der Waals surface area contributed by atoms with E-state index in [0.717, 1.165) is 17.7 Å². The zero-order valence-electron chi connectivity index (χ0n) is 11.7. The second-order valence-electron chi connectivity index (χ2n) is 4.84. The number of imidazole rings is 1. The predicted octanol–water partition coefficient (Wildman–Crippen LogP) is 3.77. The molecule has 3 nitrogen and oxygen atoms in total. The number of aromatic nitrogens is 2. The van der Waals surface area contributed by atoms with Crippen molar-refractivity contribution in [2.45, 2.75) is 19.8 Å². The molecule has 2 heterocycles. The molecule has 4 heteroatoms. The van der Waals surface area contributed by atoms with Crippen molar-refractivity contribution in [3.63, 3.8) is 0 Å². The van der Waals surface area contributed by atoms with E-state index in [0.29, 0.717) is 5.69 Å². The van der Waals surface area contributed by atoms with E-state index in [9.17, 15) is 4.39 Å². The number of rotatable bonds is 3. The van der Waals surface area contributed by atoms with Crippen LogP contribution in [0.2, 0.25) is 0 Å². The van der Waals surface area contributed by atoms with Crippen molar-refractivity contribution >= 4 is 5.65 Å². The Morgan fingerprint density at radius 3 is 2.67 bits per heavy atom. The van der Waals surface area contributed by atoms with Crippen LogP contribution in [0.4, 0.5) is 4.39 Å². The van der Waals surface area contributed by atoms with E-state index in [1.165, 1.54) is 11.6 Å². The summed E-state index contributed by atoms with van der Waals surface area (Å²) < 4.78 is 15.5. The number of halogens is 1. The first-order valence-corrected chi connectivity index (χ1v) is 6.86. The molecule has 0 spiro atoms. The first-order valence-electron chi connectivity index (χ1n) is 6.86. The third-order valence-electron chi connectivity index (χ3n) is 3.58. The molecule has 1 aromatic carbocycles. The molecule has 104 valence electrons. The number of fused-ring (bicyclic) bond motifs is 1. The van der Waals surface area contributed by atoms with E-state index in [-0.39, 0.29) is 17.9 Å². The highest BCUT2D eigenvalue weighted by Crippen LogP contribution is 2.26. The van der Waals surface area contributed by atoms with Gasteiger partial charge in [-0.05, 0) is 24.1 Å². The normalized spacial score (nSPS) is 10.7. The van der Waals surface area contributed by atoms with Crippen LogP contribution < -0.4 is 0 Å². The van der Waals surface area contributed by atoms with Gasteiger partial charge in [-0.2, -0.15) is 5.26 Å². The Morgan fingerprint density at radius 1 is 1.24 bits per heavy atom. The molecule has 0 aliphatic heterocycles. The summed E-state index contributed by atoms with van der Waals surface area (Å²) in [6.45, 7) is 2.09. The fourth-order valence-electron chi connectivity index (χ4n) is 2.46. The van der Waals surface area contributed by atoms with Gasteiger partial charge < -0.3 is 0 Å². The minimum Gasteiger partial charge on any atom is -0.300 e. The minimum atomic E-state index is -0.381. The van der Waals surface area contributed by atoms with Crippen molar-refractivity contribution in [1.82, 2.24) is 9.38 Å². The highest BCUT2D eigenvalue weighted by Gasteiger charge is 2.15. The molecular formula is C17H14FN3. The summed E-state index contributed by atoms with van der Waals surface area (Å²) >= 11 is 0. The molecule has 0 saturated carbocycles. The maximum Gasteiger partial charge on any atom is 0.174 e. The lowest BCUT2D eigenvalue weighted by molar-refractivity contribution is 0.629. The third kappa shape index (κ3) is 2.27. The predicted molar refractivity (Wildman–Crippen MR) is 79.3 cm³/mol. The molecule has 0 unspecified atom stereocenters. The second kappa shape index (κ2) is 5.37. The summed E-state index contributed by atoms with van der Waals surface area (Å²) in [5.74, 6) is -0.381. The van der Waals surface area contributed by atoms with Gasteiger partial charge in [0.05, 0.1) is 23.9 Å². The molecular weight excluding hydrogens is 265 g/mol. The van der Waals surface area contributed by atoms with E-state index < -0.39 is 0 Å². The molecule has 0 aliphatic carbocycles. The molecule has 0 fully saturated rings. The monoisotopic (exact) mass is 279 g/mol. The molecule has 3 rings (SSSR count). The molecule has 2 aromatic heterocycles. The zero-order valence-corrected chi connectivity index (χ0v) is 11.7. The lowest BCUT2D eigenvalue weighted by Crippen LogP contribution is -1.94. The van der Waals surface area contributed by atoms with Gasteiger partial charge in [-0.1, -0.05) is 31.2 Å². The van der Waals surface area contributed by atoms with Crippen LogP contribution in [-0.4, -0.2) is 9.38 Å². The van der Waals surface area contributed by atoms with Crippen molar-refractivity contribution < 1.29 is 4.39 Å². The van der Waals surface area contributed by atoms with Crippen molar-refractivity contribution in [2.24, 2.45) is 0 Å². The number of pyridine rings is 1. The number of hydrogen-bond acceptors (Lipinski definition) is 2. The molecule has 0 atom stereocenters. The molecule has 0 N–H and O–H groups in total. The van der Waals surface area contributed by atoms with Crippen molar-refractivity contribution in [1.29, 1.82) is 5.26 Å². The van der Waals surface area contributed by atoms with Crippen LogP contribution in [0.25, 0.3) is 16.9 Å². The standard InChI is InChI=1S/C17H14FN3/c1-2-12-5-7-13(8-6-12)16-15(9-10-19)21-11-3-4-14(18)17(21)20-16/h3-8,11H,2,9H2,1H3. The Bertz CT molecular complexity index is 826. The number of aryl methyl sites for hydroxylation is 1. The van der Waals surface area contributed by atoms with Crippen molar-refractivity contribution in [2.75, 3.05) is 0 Å². The Labute approximate surface area is 122 Å². The molecule has 21 heavy (non-hydrogen) atoms. The van der Waals surface area contributed by atoms with Gasteiger partial charge in [0.1, 0.15) is 0 Å². The lowest BCUT2D eigenvalue weighted by atomic mass is 10.1. The largest absolute Gasteiger partial charge is 0.300 e. The first-order chi connectivity index (χ1) is 10.2. The smallest absolute Gasteiger partial charge is 0.174 e. The quantitative estimate of drug-likeness (QED) is 0.732. The Hall–Kier alpha value is -2.67. The van der Waals surface area contributed by atoms with E-state index in [1.807, 2.05) is 24.3 Å². The van der Waals surface area contributed by atoms with Gasteiger partial charge in [-0.15, -0.1) is 0 Å². The fourth-order valence-corrected chi connectivity index (χ4v) is 2.46. The van der Waals surface area contributed by atoms with Crippen LogP contribution in [0, 0.1) is 17.1 Å². The van der Waals surface area contributed by atoms with Crippen LogP contribution in [-0.2, 0) is 12.8 Å². The summed E-state index contributed by atoms with van der Waals surface area (Å²) in [4.78, 5) is 4.39. The Balaban J connectivity index is 2.23. The van der Waals surface area contributed by atoms with E-state index in [4.69, 9.17) is 5.26 Å². The summed E-state index contributed by atoms with van der Waals surface area (Å²) in [5.41, 5.74) is 3.79. The van der Waals surface area contributed by atoms with E-state index >= 15 is 0 Å². The van der Waals surface area contributed by atoms with Gasteiger partial charge in [0, 0.05) is 11.8 Å². The topological polar surface area (TPSA) is 41.1 Å². The first kappa shape index (κ1) is 13.3. The Morgan fingerprint density at radius 2 is 2.00 bits per heavy atom. The van der Waals surface area contributed by atoms with Crippen LogP contribution >= 0.6 is 0 Å². The molecule has 0 bridgehead atoms. The van der Waals surface area contributed by atoms with Crippen LogP contribution in [0.1, 0.15) is 18.2 Å². The lowest BCUT2D eigenvalue weighted by Gasteiger charge is -2.02. The van der Waals surface area contributed by atoms with Crippen molar-refractivity contribution in [3.8, 4) is 17.3 Å². The van der Waals surface area contributed by atoms with Gasteiger partial charge in [0.25, 0.3) is 0 Å². The second-order valence-corrected chi connectivity index (χ2v) is 4.84. The van der Waals surface area contributed by atoms with Crippen LogP contribution in [0.15, 0.2) is 42.6 Å². The summed E-state index contributed by atoms with van der Waals surface area (Å²) in [6.07, 6.45) is 2.89. The van der Waals surface area contributed by atoms with Gasteiger partial charge in [-0.25, -0.2) is 9.37 Å². The summed E-state index contributed by atoms with van der Waals surface area (Å²) in [7, 11) is 0. The van der Waals surface area contributed by atoms with Crippen LogP contribution in [0.3, 0.4) is 0 Å². The van der Waals surface area contributed by atoms with Gasteiger partial charge in [-0.3, -0.25) is 4.40 Å². The molecule has 3 aromatic rings. The van der Waals surface area contributed by atoms with Crippen molar-refractivity contribution in [3.05, 3.63) is 59.7 Å². The van der Waals surface area contributed by atoms with E-state index in [1.54, 1.807) is 16.7 Å². The van der Waals surface area contributed by atoms with Crippen LogP contribution in [0.5, 0.6) is 0 Å². The third-order valence-corrected chi connectivity index (χ3v) is 3.58. The minimum absolute atomic E-state index is 0.190. The summed E-state index contributed by atoms with van der Waals surface area (Å²) in [5, 5.41) is 9.04. The molecule has 0 radical (unpaired) electrons. The van der Waals surface area contributed by atoms with E-state index in [2.05, 4.69) is 18.0 Å². The highest BCUT2D eigenvalue weighted by atomic mass is 19.1. The molecule has 0 amide bonds. The number of nitrogens with zero attached hydrogens (tertiary/aromatic N) is 3. The number of nitriles is 1. The van der Waals surface area contributed by atoms with Gasteiger partial charge >= 0.3 is 0 Å². The highest BCUT2D eigenvalue weighted by molar-refractivity contribution is 5.67. The maximum atomic E-state index is 13.9. The fraction of sp³-hybridized carbons (Fsp3) is 0.176. The number of benzene rings is 1. The maximum absolute atomic E-state index is 13.9. The average Bonchev–Trinajstić information content (AvgIpc) is 2.88. The average molecular weight is 279 g/mol. The zero-order chi connectivity index (χ0) is 14.8. The summed E-state index contributed by atoms with van der Waals surface area (Å²) in [6, 6.07) is 13.1. The van der Waals surface area contributed by atoms with Gasteiger partial charge in [0.2, 0.25) is 0 Å². The number of hydrogen-bond donors (Lipinski definition) is 0. The Kier molecular flexibility index (Phi) is 3.41. The molecule has 0 aliphatic rings. The van der Waals surface area contributed by atoms with Gasteiger partial charge in [0.15, 0.2) is 11.5 Å². The molecule has 0 saturated heterocycles. The SMILES string of the molecule is CCc1ccc(-c2nc3c(F)cccn3c2CC#N)cc1.